The van der Waals surface area contributed by atoms with E-state index in [1.165, 1.54) is 0 Å². The molecule has 0 aliphatic rings. The van der Waals surface area contributed by atoms with Crippen molar-refractivity contribution in [3.63, 3.8) is 0 Å². The highest BCUT2D eigenvalue weighted by molar-refractivity contribution is 7.89. The molecule has 0 bridgehead atoms. The number of nitrogens with one attached hydrogen (secondary N) is 1. The van der Waals surface area contributed by atoms with E-state index in [4.69, 9.17) is 0 Å². The van der Waals surface area contributed by atoms with Gasteiger partial charge in [0.05, 0.1) is 10.9 Å². The predicted molar refractivity (Wildman–Crippen MR) is 99.7 cm³/mol. The minimum Gasteiger partial charge on any atom is -0.299 e. The molecule has 0 aliphatic carbocycles. The normalized spacial score (nSPS) is 14.3. The first-order chi connectivity index (χ1) is 11.7. The minimum atomic E-state index is -3.73. The number of rotatable bonds is 7. The minimum absolute atomic E-state index is 0.0282. The van der Waals surface area contributed by atoms with Gasteiger partial charge in [-0.05, 0) is 24.6 Å². The number of hydrogen-bond donors (Lipinski definition) is 1. The van der Waals surface area contributed by atoms with E-state index in [1.54, 1.807) is 31.2 Å². The van der Waals surface area contributed by atoms with Crippen LogP contribution in [0.4, 0.5) is 0 Å². The zero-order valence-electron chi connectivity index (χ0n) is 15.1. The molecule has 0 aliphatic heterocycles. The molecule has 0 fully saturated rings. The van der Waals surface area contributed by atoms with Crippen molar-refractivity contribution in [2.24, 2.45) is 11.8 Å². The highest BCUT2D eigenvalue weighted by Crippen LogP contribution is 2.27. The quantitative estimate of drug-likeness (QED) is 0.816. The zero-order valence-corrected chi connectivity index (χ0v) is 15.9. The van der Waals surface area contributed by atoms with E-state index in [2.05, 4.69) is 4.72 Å². The van der Waals surface area contributed by atoms with E-state index in [0.29, 0.717) is 0 Å². The number of carbonyl (C=O) groups excluding carboxylic acids is 1. The van der Waals surface area contributed by atoms with Gasteiger partial charge in [0.1, 0.15) is 5.78 Å². The van der Waals surface area contributed by atoms with Crippen LogP contribution in [0.1, 0.15) is 37.9 Å². The fourth-order valence-electron chi connectivity index (χ4n) is 2.76. The van der Waals surface area contributed by atoms with Crippen LogP contribution >= 0.6 is 0 Å². The summed E-state index contributed by atoms with van der Waals surface area (Å²) in [5.74, 6) is -0.604. The van der Waals surface area contributed by atoms with Crippen molar-refractivity contribution in [1.82, 2.24) is 4.72 Å². The van der Waals surface area contributed by atoms with Gasteiger partial charge >= 0.3 is 0 Å². The molecular weight excluding hydrogens is 334 g/mol. The van der Waals surface area contributed by atoms with Crippen molar-refractivity contribution in [1.29, 1.82) is 0 Å². The summed E-state index contributed by atoms with van der Waals surface area (Å²) >= 11 is 0. The molecule has 2 aromatic carbocycles. The smallest absolute Gasteiger partial charge is 0.241 e. The van der Waals surface area contributed by atoms with Crippen molar-refractivity contribution in [3.05, 3.63) is 65.7 Å². The highest BCUT2D eigenvalue weighted by atomic mass is 32.2. The third-order valence-electron chi connectivity index (χ3n) is 4.29. The number of Topliss-reactive ketones (excluding diaryl/α,β-unsaturated/α-hetero) is 1. The summed E-state index contributed by atoms with van der Waals surface area (Å²) in [5, 5.41) is 0. The maximum absolute atomic E-state index is 12.8. The Labute approximate surface area is 150 Å². The molecule has 0 spiro atoms. The number of sulfonamides is 1. The molecule has 0 heterocycles. The summed E-state index contributed by atoms with van der Waals surface area (Å²) in [6, 6.07) is 15.3. The van der Waals surface area contributed by atoms with Crippen LogP contribution in [-0.2, 0) is 14.8 Å². The van der Waals surface area contributed by atoms with E-state index < -0.39 is 22.0 Å². The summed E-state index contributed by atoms with van der Waals surface area (Å²) in [6.45, 7) is 7.34. The Morgan fingerprint density at radius 3 is 2.00 bits per heavy atom. The number of benzene rings is 2. The van der Waals surface area contributed by atoms with Crippen LogP contribution in [0, 0.1) is 18.8 Å². The van der Waals surface area contributed by atoms with E-state index >= 15 is 0 Å². The fourth-order valence-corrected chi connectivity index (χ4v) is 4.07. The van der Waals surface area contributed by atoms with Gasteiger partial charge in [0, 0.05) is 11.8 Å². The molecule has 25 heavy (non-hydrogen) atoms. The van der Waals surface area contributed by atoms with Crippen molar-refractivity contribution < 1.29 is 13.2 Å². The van der Waals surface area contributed by atoms with E-state index in [-0.39, 0.29) is 16.6 Å². The van der Waals surface area contributed by atoms with Crippen LogP contribution < -0.4 is 4.72 Å². The summed E-state index contributed by atoms with van der Waals surface area (Å²) < 4.78 is 28.3. The molecule has 0 radical (unpaired) electrons. The average molecular weight is 359 g/mol. The first-order valence-corrected chi connectivity index (χ1v) is 9.88. The molecule has 2 unspecified atom stereocenters. The lowest BCUT2D eigenvalue weighted by atomic mass is 9.87. The second-order valence-electron chi connectivity index (χ2n) is 6.67. The van der Waals surface area contributed by atoms with Crippen molar-refractivity contribution >= 4 is 15.8 Å². The van der Waals surface area contributed by atoms with Gasteiger partial charge in [-0.3, -0.25) is 4.79 Å². The molecule has 134 valence electrons. The maximum atomic E-state index is 12.8. The number of hydrogen-bond acceptors (Lipinski definition) is 3. The lowest BCUT2D eigenvalue weighted by Gasteiger charge is -2.26. The number of ketones is 1. The van der Waals surface area contributed by atoms with Crippen LogP contribution in [0.25, 0.3) is 0 Å². The molecule has 2 aromatic rings. The van der Waals surface area contributed by atoms with Crippen LogP contribution in [0.5, 0.6) is 0 Å². The summed E-state index contributed by atoms with van der Waals surface area (Å²) in [6.07, 6.45) is 0. The van der Waals surface area contributed by atoms with Gasteiger partial charge < -0.3 is 0 Å². The number of carbonyl (C=O) groups is 1. The highest BCUT2D eigenvalue weighted by Gasteiger charge is 2.31. The first-order valence-electron chi connectivity index (χ1n) is 8.40. The van der Waals surface area contributed by atoms with Gasteiger partial charge in [0.15, 0.2) is 0 Å². The van der Waals surface area contributed by atoms with Gasteiger partial charge in [0.25, 0.3) is 0 Å². The Hall–Kier alpha value is -1.98. The Morgan fingerprint density at radius 1 is 0.920 bits per heavy atom. The Balaban J connectivity index is 2.39. The second-order valence-corrected chi connectivity index (χ2v) is 8.38. The Kier molecular flexibility index (Phi) is 6.14. The standard InChI is InChI=1S/C20H25NO3S/c1-14(2)20(22)16(4)19(17-8-6-5-7-9-17)21-25(23,24)18-12-10-15(3)11-13-18/h5-14,16,19,21H,1-4H3. The monoisotopic (exact) mass is 359 g/mol. The molecule has 2 atom stereocenters. The van der Waals surface area contributed by atoms with Gasteiger partial charge in [-0.2, -0.15) is 0 Å². The fraction of sp³-hybridized carbons (Fsp3) is 0.350. The molecule has 0 saturated carbocycles. The van der Waals surface area contributed by atoms with Gasteiger partial charge in [-0.1, -0.05) is 68.8 Å². The molecule has 0 saturated heterocycles. The van der Waals surface area contributed by atoms with Crippen LogP contribution in [0.3, 0.4) is 0 Å². The third kappa shape index (κ3) is 4.77. The van der Waals surface area contributed by atoms with Gasteiger partial charge in [-0.25, -0.2) is 13.1 Å². The molecule has 4 nitrogen and oxygen atoms in total. The van der Waals surface area contributed by atoms with E-state index in [9.17, 15) is 13.2 Å². The largest absolute Gasteiger partial charge is 0.299 e. The van der Waals surface area contributed by atoms with Crippen molar-refractivity contribution in [2.75, 3.05) is 0 Å². The Bertz CT molecular complexity index is 812. The van der Waals surface area contributed by atoms with Crippen LogP contribution in [0.2, 0.25) is 0 Å². The summed E-state index contributed by atoms with van der Waals surface area (Å²) in [7, 11) is -3.73. The summed E-state index contributed by atoms with van der Waals surface area (Å²) in [4.78, 5) is 12.7. The lowest BCUT2D eigenvalue weighted by Crippen LogP contribution is -2.36. The van der Waals surface area contributed by atoms with Gasteiger partial charge in [0.2, 0.25) is 10.0 Å². The molecule has 5 heteroatoms. The molecular formula is C20H25NO3S. The second kappa shape index (κ2) is 7.93. The van der Waals surface area contributed by atoms with Crippen molar-refractivity contribution in [2.45, 2.75) is 38.6 Å². The van der Waals surface area contributed by atoms with Crippen molar-refractivity contribution in [3.8, 4) is 0 Å². The van der Waals surface area contributed by atoms with E-state index in [0.717, 1.165) is 11.1 Å². The maximum Gasteiger partial charge on any atom is 0.241 e. The third-order valence-corrected chi connectivity index (χ3v) is 5.75. The van der Waals surface area contributed by atoms with Gasteiger partial charge in [-0.15, -0.1) is 0 Å². The van der Waals surface area contributed by atoms with Crippen LogP contribution in [0.15, 0.2) is 59.5 Å². The predicted octanol–water partition coefficient (Wildman–Crippen LogP) is 3.88. The Morgan fingerprint density at radius 2 is 1.48 bits per heavy atom. The molecule has 0 amide bonds. The summed E-state index contributed by atoms with van der Waals surface area (Å²) in [5.41, 5.74) is 1.77. The molecule has 1 N–H and O–H groups in total. The average Bonchev–Trinajstić information content (AvgIpc) is 2.59. The lowest BCUT2D eigenvalue weighted by molar-refractivity contribution is -0.126. The SMILES string of the molecule is Cc1ccc(S(=O)(=O)NC(c2ccccc2)C(C)C(=O)C(C)C)cc1. The molecule has 2 rings (SSSR count). The van der Waals surface area contributed by atoms with Crippen LogP contribution in [-0.4, -0.2) is 14.2 Å². The molecule has 0 aromatic heterocycles. The zero-order chi connectivity index (χ0) is 18.6. The first kappa shape index (κ1) is 19.3. The van der Waals surface area contributed by atoms with E-state index in [1.807, 2.05) is 51.1 Å². The number of aryl methyl sites for hydroxylation is 1. The topological polar surface area (TPSA) is 63.2 Å².